The second-order valence-corrected chi connectivity index (χ2v) is 18.3. The van der Waals surface area contributed by atoms with Crippen LogP contribution in [0.5, 0.6) is 0 Å². The van der Waals surface area contributed by atoms with Crippen molar-refractivity contribution < 1.29 is 0 Å². The Bertz CT molecular complexity index is 3480. The van der Waals surface area contributed by atoms with Crippen molar-refractivity contribution in [3.8, 4) is 33.4 Å². The first-order valence-electron chi connectivity index (χ1n) is 23.9. The molecule has 1 aliphatic rings. The number of fused-ring (bicyclic) bond motifs is 6. The molecule has 12 rings (SSSR count). The number of para-hydroxylation sites is 5. The molecular formula is C65H45Cl2N5. The Morgan fingerprint density at radius 2 is 0.653 bits per heavy atom. The van der Waals surface area contributed by atoms with E-state index in [2.05, 4.69) is 280 Å². The van der Waals surface area contributed by atoms with Crippen molar-refractivity contribution in [2.75, 3.05) is 19.6 Å². The maximum atomic E-state index is 7.37. The molecule has 10 aromatic carbocycles. The first-order chi connectivity index (χ1) is 35.6. The molecule has 344 valence electrons. The van der Waals surface area contributed by atoms with Gasteiger partial charge in [0.2, 0.25) is 0 Å². The molecule has 11 aromatic rings. The van der Waals surface area contributed by atoms with Crippen molar-refractivity contribution in [2.45, 2.75) is 0 Å². The van der Waals surface area contributed by atoms with Crippen LogP contribution in [0, 0.1) is 0 Å². The lowest BCUT2D eigenvalue weighted by molar-refractivity contribution is 1.21. The summed E-state index contributed by atoms with van der Waals surface area (Å²) >= 11 is 14.3. The van der Waals surface area contributed by atoms with Crippen LogP contribution in [0.3, 0.4) is 0 Å². The maximum Gasteiger partial charge on any atom is 0.140 e. The van der Waals surface area contributed by atoms with Crippen LogP contribution in [0.15, 0.2) is 273 Å². The molecule has 0 atom stereocenters. The number of aromatic nitrogens is 1. The van der Waals surface area contributed by atoms with E-state index in [-0.39, 0.29) is 0 Å². The molecule has 1 aliphatic heterocycles. The summed E-state index contributed by atoms with van der Waals surface area (Å²) in [5.74, 6) is 0. The third-order valence-electron chi connectivity index (χ3n) is 13.1. The second-order valence-electron chi connectivity index (χ2n) is 17.5. The SMILES string of the molecule is Clc1cc2c(c(Cl)n1)-c1c(-c3ccccc3)cccc1-c1cccc(c1)N2c1cccc(N(c2ccccc2)c2cc(N(c3ccccc3)c3ccccc3)cc(N(c3ccccc3)c3ccccc3)c2)c1. The van der Waals surface area contributed by atoms with E-state index in [0.717, 1.165) is 102 Å². The summed E-state index contributed by atoms with van der Waals surface area (Å²) in [6.07, 6.45) is 0. The minimum Gasteiger partial charge on any atom is -0.310 e. The number of hydrogen-bond acceptors (Lipinski definition) is 5. The molecule has 2 bridgehead atoms. The number of rotatable bonds is 11. The molecule has 0 saturated carbocycles. The average molecular weight is 967 g/mol. The summed E-state index contributed by atoms with van der Waals surface area (Å²) in [5, 5.41) is 0.625. The van der Waals surface area contributed by atoms with Crippen molar-refractivity contribution >= 4 is 91.5 Å². The largest absolute Gasteiger partial charge is 0.310 e. The van der Waals surface area contributed by atoms with E-state index in [1.807, 2.05) is 12.1 Å². The summed E-state index contributed by atoms with van der Waals surface area (Å²) < 4.78 is 0. The van der Waals surface area contributed by atoms with Gasteiger partial charge in [-0.2, -0.15) is 0 Å². The first-order valence-corrected chi connectivity index (χ1v) is 24.7. The fraction of sp³-hybridized carbons (Fsp3) is 0. The van der Waals surface area contributed by atoms with E-state index >= 15 is 0 Å². The topological polar surface area (TPSA) is 25.9 Å². The van der Waals surface area contributed by atoms with Gasteiger partial charge >= 0.3 is 0 Å². The standard InChI is InChI=1S/C65H45Cl2N5/c66-62-45-61-64(65(67)68-62)63-59(46-22-7-1-8-23-46)38-21-39-60(63)47-24-19-35-53(40-47)72(61)55-37-20-36-54(41-55)71(52-33-17-6-18-34-52)58-43-56(69(48-25-9-2-10-26-48)49-27-11-3-12-28-49)42-57(44-58)70(50-29-13-4-14-30-50)51-31-15-5-16-32-51/h1-45H. The van der Waals surface area contributed by atoms with Gasteiger partial charge in [0.1, 0.15) is 10.3 Å². The molecule has 72 heavy (non-hydrogen) atoms. The molecule has 7 heteroatoms. The Labute approximate surface area is 430 Å². The predicted octanol–water partition coefficient (Wildman–Crippen LogP) is 19.6. The quantitative estimate of drug-likeness (QED) is 0.120. The lowest BCUT2D eigenvalue weighted by Gasteiger charge is -2.34. The van der Waals surface area contributed by atoms with Crippen molar-refractivity contribution in [3.63, 3.8) is 0 Å². The van der Waals surface area contributed by atoms with Crippen LogP contribution in [0.4, 0.5) is 68.2 Å². The third-order valence-corrected chi connectivity index (χ3v) is 13.5. The van der Waals surface area contributed by atoms with Gasteiger partial charge in [-0.3, -0.25) is 0 Å². The van der Waals surface area contributed by atoms with E-state index in [1.165, 1.54) is 0 Å². The third kappa shape index (κ3) is 8.51. The molecule has 0 fully saturated rings. The van der Waals surface area contributed by atoms with Gasteiger partial charge in [0.05, 0.1) is 22.7 Å². The smallest absolute Gasteiger partial charge is 0.140 e. The Morgan fingerprint density at radius 3 is 1.12 bits per heavy atom. The lowest BCUT2D eigenvalue weighted by atomic mass is 9.86. The van der Waals surface area contributed by atoms with Gasteiger partial charge < -0.3 is 19.6 Å². The number of benzene rings is 10. The Morgan fingerprint density at radius 1 is 0.292 bits per heavy atom. The van der Waals surface area contributed by atoms with Gasteiger partial charge in [0, 0.05) is 62.7 Å². The van der Waals surface area contributed by atoms with Crippen LogP contribution >= 0.6 is 23.2 Å². The number of nitrogens with zero attached hydrogens (tertiary/aromatic N) is 5. The average Bonchev–Trinajstić information content (AvgIpc) is 3.43. The zero-order chi connectivity index (χ0) is 48.4. The highest BCUT2D eigenvalue weighted by molar-refractivity contribution is 6.36. The van der Waals surface area contributed by atoms with Crippen LogP contribution in [0.25, 0.3) is 33.4 Å². The highest BCUT2D eigenvalue weighted by atomic mass is 35.5. The molecule has 0 spiro atoms. The van der Waals surface area contributed by atoms with E-state index in [1.54, 1.807) is 0 Å². The van der Waals surface area contributed by atoms with Gasteiger partial charge in [0.15, 0.2) is 0 Å². The summed E-state index contributed by atoms with van der Waals surface area (Å²) in [7, 11) is 0. The molecule has 0 amide bonds. The van der Waals surface area contributed by atoms with Gasteiger partial charge in [-0.25, -0.2) is 4.98 Å². The highest BCUT2D eigenvalue weighted by Gasteiger charge is 2.29. The normalized spacial score (nSPS) is 11.4. The summed E-state index contributed by atoms with van der Waals surface area (Å²) in [4.78, 5) is 14.0. The van der Waals surface area contributed by atoms with Crippen LogP contribution < -0.4 is 19.6 Å². The number of pyridine rings is 1. The lowest BCUT2D eigenvalue weighted by Crippen LogP contribution is -2.17. The summed E-state index contributed by atoms with van der Waals surface area (Å²) in [6, 6.07) is 95.9. The fourth-order valence-corrected chi connectivity index (χ4v) is 10.5. The zero-order valence-electron chi connectivity index (χ0n) is 39.0. The molecule has 5 nitrogen and oxygen atoms in total. The van der Waals surface area contributed by atoms with Crippen LogP contribution in [-0.4, -0.2) is 4.98 Å². The molecule has 0 saturated heterocycles. The van der Waals surface area contributed by atoms with Gasteiger partial charge in [-0.15, -0.1) is 0 Å². The second kappa shape index (κ2) is 19.5. The first kappa shape index (κ1) is 44.3. The maximum absolute atomic E-state index is 7.37. The van der Waals surface area contributed by atoms with Crippen LogP contribution in [-0.2, 0) is 0 Å². The zero-order valence-corrected chi connectivity index (χ0v) is 40.5. The van der Waals surface area contributed by atoms with Crippen molar-refractivity contribution in [1.29, 1.82) is 0 Å². The molecule has 2 heterocycles. The highest BCUT2D eigenvalue weighted by Crippen LogP contribution is 2.53. The van der Waals surface area contributed by atoms with E-state index in [4.69, 9.17) is 28.2 Å². The Balaban J connectivity index is 1.10. The van der Waals surface area contributed by atoms with E-state index < -0.39 is 0 Å². The minimum atomic E-state index is 0.299. The Kier molecular flexibility index (Phi) is 12.0. The van der Waals surface area contributed by atoms with Crippen molar-refractivity contribution in [3.05, 3.63) is 283 Å². The number of halogens is 2. The van der Waals surface area contributed by atoms with Crippen molar-refractivity contribution in [2.24, 2.45) is 0 Å². The summed E-state index contributed by atoms with van der Waals surface area (Å²) in [5.41, 5.74) is 17.7. The molecule has 0 aliphatic carbocycles. The molecule has 0 unspecified atom stereocenters. The van der Waals surface area contributed by atoms with Gasteiger partial charge in [-0.1, -0.05) is 181 Å². The number of hydrogen-bond donors (Lipinski definition) is 0. The van der Waals surface area contributed by atoms with E-state index in [9.17, 15) is 0 Å². The van der Waals surface area contributed by atoms with Crippen LogP contribution in [0.2, 0.25) is 10.3 Å². The van der Waals surface area contributed by atoms with Crippen LogP contribution in [0.1, 0.15) is 0 Å². The minimum absolute atomic E-state index is 0.299. The fourth-order valence-electron chi connectivity index (χ4n) is 10.0. The number of anilines is 12. The van der Waals surface area contributed by atoms with Gasteiger partial charge in [0.25, 0.3) is 0 Å². The van der Waals surface area contributed by atoms with E-state index in [0.29, 0.717) is 10.3 Å². The summed E-state index contributed by atoms with van der Waals surface area (Å²) in [6.45, 7) is 0. The molecule has 0 N–H and O–H groups in total. The van der Waals surface area contributed by atoms with Crippen molar-refractivity contribution in [1.82, 2.24) is 4.98 Å². The Hall–Kier alpha value is -8.87. The predicted molar refractivity (Wildman–Crippen MR) is 303 cm³/mol. The monoisotopic (exact) mass is 965 g/mol. The molecular weight excluding hydrogens is 922 g/mol. The molecule has 0 radical (unpaired) electrons. The molecule has 1 aromatic heterocycles. The van der Waals surface area contributed by atoms with Gasteiger partial charge in [-0.05, 0) is 131 Å².